The van der Waals surface area contributed by atoms with Crippen molar-refractivity contribution in [1.82, 2.24) is 0 Å². The monoisotopic (exact) mass is 318 g/mol. The fourth-order valence-corrected chi connectivity index (χ4v) is 3.85. The molecule has 1 aliphatic carbocycles. The van der Waals surface area contributed by atoms with Crippen LogP contribution in [0.3, 0.4) is 0 Å². The molecule has 0 aliphatic heterocycles. The molecular weight excluding hydrogens is 299 g/mol. The van der Waals surface area contributed by atoms with E-state index in [1.54, 1.807) is 12.1 Å². The minimum absolute atomic E-state index is 0.385. The maximum absolute atomic E-state index is 13.2. The highest BCUT2D eigenvalue weighted by molar-refractivity contribution is 7.86. The Morgan fingerprint density at radius 2 is 2.14 bits per heavy atom. The zero-order valence-electron chi connectivity index (χ0n) is 12.2. The fraction of sp³-hybridized carbons (Fsp3) is 0.294. The first-order valence-corrected chi connectivity index (χ1v) is 8.59. The number of hydrogen-bond donors (Lipinski definition) is 2. The number of rotatable bonds is 4. The Morgan fingerprint density at radius 1 is 1.27 bits per heavy atom. The lowest BCUT2D eigenvalue weighted by molar-refractivity contribution is 0.561. The summed E-state index contributed by atoms with van der Waals surface area (Å²) in [4.78, 5) is 0.428. The lowest BCUT2D eigenvalue weighted by Gasteiger charge is -2.25. The Bertz CT molecular complexity index is 705. The summed E-state index contributed by atoms with van der Waals surface area (Å²) >= 11 is 0. The molecule has 3 nitrogen and oxygen atoms in total. The second kappa shape index (κ2) is 6.58. The van der Waals surface area contributed by atoms with Gasteiger partial charge in [0.05, 0.1) is 4.90 Å². The fourth-order valence-electron chi connectivity index (χ4n) is 2.97. The van der Waals surface area contributed by atoms with Crippen molar-refractivity contribution < 1.29 is 8.60 Å². The standard InChI is InChI=1S/C17H19FN2OS/c18-14-5-2-6-16(10-14)22(21)20-15-7-8-17-12(9-15)3-1-4-13(17)11-19/h2,5-10,13,20H,1,3-4,11,19H2. The Kier molecular flexibility index (Phi) is 4.55. The minimum Gasteiger partial charge on any atom is -0.330 e. The Labute approximate surface area is 132 Å². The zero-order chi connectivity index (χ0) is 15.5. The van der Waals surface area contributed by atoms with Crippen molar-refractivity contribution in [3.05, 3.63) is 59.4 Å². The van der Waals surface area contributed by atoms with Gasteiger partial charge in [0.2, 0.25) is 0 Å². The number of nitrogens with one attached hydrogen (secondary N) is 1. The molecule has 2 aromatic carbocycles. The van der Waals surface area contributed by atoms with Crippen LogP contribution in [0.4, 0.5) is 10.1 Å². The molecule has 0 saturated heterocycles. The summed E-state index contributed by atoms with van der Waals surface area (Å²) in [7, 11) is -1.47. The van der Waals surface area contributed by atoms with Gasteiger partial charge in [0, 0.05) is 5.69 Å². The lowest BCUT2D eigenvalue weighted by Crippen LogP contribution is -2.18. The smallest absolute Gasteiger partial charge is 0.150 e. The summed E-state index contributed by atoms with van der Waals surface area (Å²) < 4.78 is 28.4. The molecule has 0 spiro atoms. The molecule has 0 heterocycles. The van der Waals surface area contributed by atoms with Crippen LogP contribution in [0.2, 0.25) is 0 Å². The number of hydrogen-bond acceptors (Lipinski definition) is 2. The second-order valence-electron chi connectivity index (χ2n) is 5.57. The van der Waals surface area contributed by atoms with Crippen LogP contribution in [-0.4, -0.2) is 10.8 Å². The molecule has 0 amide bonds. The van der Waals surface area contributed by atoms with E-state index in [4.69, 9.17) is 5.73 Å². The van der Waals surface area contributed by atoms with Gasteiger partial charge >= 0.3 is 0 Å². The SMILES string of the molecule is NCC1CCCc2cc(NS(=O)c3cccc(F)c3)ccc21. The topological polar surface area (TPSA) is 55.1 Å². The van der Waals surface area contributed by atoms with Crippen LogP contribution >= 0.6 is 0 Å². The van der Waals surface area contributed by atoms with Gasteiger partial charge in [-0.2, -0.15) is 0 Å². The number of halogens is 1. The van der Waals surface area contributed by atoms with Crippen LogP contribution in [0.15, 0.2) is 47.4 Å². The zero-order valence-corrected chi connectivity index (χ0v) is 13.0. The predicted octanol–water partition coefficient (Wildman–Crippen LogP) is 3.34. The molecule has 22 heavy (non-hydrogen) atoms. The molecule has 116 valence electrons. The van der Waals surface area contributed by atoms with Crippen LogP contribution in [-0.2, 0) is 17.4 Å². The van der Waals surface area contributed by atoms with Crippen LogP contribution in [0.1, 0.15) is 29.9 Å². The van der Waals surface area contributed by atoms with Crippen molar-refractivity contribution in [2.75, 3.05) is 11.3 Å². The highest BCUT2D eigenvalue weighted by atomic mass is 32.2. The summed E-state index contributed by atoms with van der Waals surface area (Å²) in [5.74, 6) is 0.0374. The summed E-state index contributed by atoms with van der Waals surface area (Å²) in [6, 6.07) is 11.9. The van der Waals surface area contributed by atoms with Gasteiger partial charge < -0.3 is 10.5 Å². The van der Waals surface area contributed by atoms with E-state index in [-0.39, 0.29) is 5.82 Å². The van der Waals surface area contributed by atoms with Gasteiger partial charge in [-0.25, -0.2) is 8.60 Å². The third-order valence-corrected chi connectivity index (χ3v) is 5.19. The van der Waals surface area contributed by atoms with Crippen molar-refractivity contribution >= 4 is 16.7 Å². The Balaban J connectivity index is 1.80. The first-order chi connectivity index (χ1) is 10.7. The molecule has 3 N–H and O–H groups in total. The van der Waals surface area contributed by atoms with E-state index in [9.17, 15) is 8.60 Å². The van der Waals surface area contributed by atoms with Gasteiger partial charge in [-0.05, 0) is 73.2 Å². The van der Waals surface area contributed by atoms with Crippen molar-refractivity contribution in [2.24, 2.45) is 5.73 Å². The molecule has 1 aliphatic rings. The van der Waals surface area contributed by atoms with Crippen LogP contribution in [0.5, 0.6) is 0 Å². The summed E-state index contributed by atoms with van der Waals surface area (Å²) in [5.41, 5.74) is 9.19. The average molecular weight is 318 g/mol. The maximum atomic E-state index is 13.2. The molecule has 5 heteroatoms. The predicted molar refractivity (Wildman–Crippen MR) is 87.6 cm³/mol. The Hall–Kier alpha value is -1.72. The number of aryl methyl sites for hydroxylation is 1. The Morgan fingerprint density at radius 3 is 2.91 bits per heavy atom. The maximum Gasteiger partial charge on any atom is 0.150 e. The molecule has 0 aromatic heterocycles. The van der Waals surface area contributed by atoms with Gasteiger partial charge in [0.1, 0.15) is 16.8 Å². The van der Waals surface area contributed by atoms with E-state index in [2.05, 4.69) is 10.8 Å². The van der Waals surface area contributed by atoms with E-state index < -0.39 is 11.0 Å². The molecular formula is C17H19FN2OS. The molecule has 3 rings (SSSR count). The summed E-state index contributed by atoms with van der Waals surface area (Å²) in [6.45, 7) is 0.662. The van der Waals surface area contributed by atoms with E-state index in [1.807, 2.05) is 12.1 Å². The quantitative estimate of drug-likeness (QED) is 0.908. The molecule has 2 unspecified atom stereocenters. The van der Waals surface area contributed by atoms with Gasteiger partial charge in [-0.3, -0.25) is 0 Å². The third kappa shape index (κ3) is 3.20. The number of fused-ring (bicyclic) bond motifs is 1. The highest BCUT2D eigenvalue weighted by Crippen LogP contribution is 2.32. The molecule has 0 bridgehead atoms. The van der Waals surface area contributed by atoms with Crippen molar-refractivity contribution in [3.63, 3.8) is 0 Å². The summed E-state index contributed by atoms with van der Waals surface area (Å²) in [5, 5.41) is 0. The molecule has 0 radical (unpaired) electrons. The normalized spacial score (nSPS) is 18.5. The molecule has 0 saturated carbocycles. The molecule has 0 fully saturated rings. The average Bonchev–Trinajstić information content (AvgIpc) is 2.54. The first-order valence-electron chi connectivity index (χ1n) is 7.44. The van der Waals surface area contributed by atoms with Gasteiger partial charge in [0.15, 0.2) is 0 Å². The van der Waals surface area contributed by atoms with E-state index in [1.165, 1.54) is 23.3 Å². The van der Waals surface area contributed by atoms with Crippen LogP contribution in [0, 0.1) is 5.82 Å². The van der Waals surface area contributed by atoms with E-state index in [0.29, 0.717) is 17.4 Å². The molecule has 2 atom stereocenters. The van der Waals surface area contributed by atoms with Gasteiger partial charge in [-0.1, -0.05) is 12.1 Å². The van der Waals surface area contributed by atoms with Gasteiger partial charge in [0.25, 0.3) is 0 Å². The van der Waals surface area contributed by atoms with E-state index in [0.717, 1.165) is 24.9 Å². The highest BCUT2D eigenvalue weighted by Gasteiger charge is 2.19. The molecule has 2 aromatic rings. The van der Waals surface area contributed by atoms with Crippen LogP contribution < -0.4 is 10.5 Å². The van der Waals surface area contributed by atoms with Crippen molar-refractivity contribution in [3.8, 4) is 0 Å². The lowest BCUT2D eigenvalue weighted by atomic mass is 9.83. The first kappa shape index (κ1) is 15.2. The van der Waals surface area contributed by atoms with E-state index >= 15 is 0 Å². The summed E-state index contributed by atoms with van der Waals surface area (Å²) in [6.07, 6.45) is 3.28. The third-order valence-electron chi connectivity index (χ3n) is 4.09. The largest absolute Gasteiger partial charge is 0.330 e. The van der Waals surface area contributed by atoms with Gasteiger partial charge in [-0.15, -0.1) is 0 Å². The number of nitrogens with two attached hydrogens (primary N) is 1. The number of anilines is 1. The van der Waals surface area contributed by atoms with Crippen molar-refractivity contribution in [2.45, 2.75) is 30.1 Å². The van der Waals surface area contributed by atoms with Crippen molar-refractivity contribution in [1.29, 1.82) is 0 Å². The second-order valence-corrected chi connectivity index (χ2v) is 6.78. The minimum atomic E-state index is -1.47. The number of benzene rings is 2. The van der Waals surface area contributed by atoms with Crippen LogP contribution in [0.25, 0.3) is 0 Å².